The molecule has 258 valence electrons. The summed E-state index contributed by atoms with van der Waals surface area (Å²) in [7, 11) is 0. The highest BCUT2D eigenvalue weighted by Crippen LogP contribution is 2.29. The van der Waals surface area contributed by atoms with Crippen molar-refractivity contribution in [2.24, 2.45) is 23.7 Å². The van der Waals surface area contributed by atoms with Gasteiger partial charge in [0.25, 0.3) is 0 Å². The van der Waals surface area contributed by atoms with Gasteiger partial charge in [0.1, 0.15) is 36.2 Å². The van der Waals surface area contributed by atoms with Crippen molar-refractivity contribution in [1.82, 2.24) is 0 Å². The minimum atomic E-state index is 0.465. The fraction of sp³-hybridized carbons (Fsp3) is 0.524. The quantitative estimate of drug-likeness (QED) is 0.0658. The number of hydrogen-bond acceptors (Lipinski definition) is 6. The van der Waals surface area contributed by atoms with Gasteiger partial charge in [0.15, 0.2) is 0 Å². The fourth-order valence-corrected chi connectivity index (χ4v) is 6.41. The van der Waals surface area contributed by atoms with Crippen LogP contribution in [0.4, 0.5) is 0 Å². The predicted octanol–water partition coefficient (Wildman–Crippen LogP) is 9.89. The van der Waals surface area contributed by atoms with Gasteiger partial charge in [0.2, 0.25) is 0 Å². The molecule has 6 heteroatoms. The Hall–Kier alpha value is -3.48. The number of epoxide rings is 2. The molecular formula is C42H54O6. The van der Waals surface area contributed by atoms with Gasteiger partial charge in [0.05, 0.1) is 38.6 Å². The normalized spacial score (nSPS) is 19.4. The molecule has 0 N–H and O–H groups in total. The van der Waals surface area contributed by atoms with Crippen LogP contribution in [-0.2, 0) is 9.47 Å². The third kappa shape index (κ3) is 11.0. The van der Waals surface area contributed by atoms with E-state index in [9.17, 15) is 0 Å². The summed E-state index contributed by atoms with van der Waals surface area (Å²) in [6.45, 7) is 13.5. The lowest BCUT2D eigenvalue weighted by molar-refractivity contribution is 0.217. The summed E-state index contributed by atoms with van der Waals surface area (Å²) in [5.41, 5.74) is 0. The molecule has 2 aliphatic rings. The molecule has 2 heterocycles. The van der Waals surface area contributed by atoms with Crippen molar-refractivity contribution in [3.8, 4) is 23.0 Å². The van der Waals surface area contributed by atoms with Gasteiger partial charge in [-0.25, -0.2) is 0 Å². The van der Waals surface area contributed by atoms with Gasteiger partial charge in [0, 0.05) is 0 Å². The first kappa shape index (κ1) is 34.4. The van der Waals surface area contributed by atoms with E-state index in [-0.39, 0.29) is 0 Å². The van der Waals surface area contributed by atoms with Crippen molar-refractivity contribution >= 4 is 21.5 Å². The zero-order valence-corrected chi connectivity index (χ0v) is 29.3. The molecule has 0 spiro atoms. The van der Waals surface area contributed by atoms with E-state index in [1.165, 1.54) is 38.5 Å². The highest BCUT2D eigenvalue weighted by atomic mass is 16.6. The maximum Gasteiger partial charge on any atom is 0.122 e. The molecule has 0 radical (unpaired) electrons. The monoisotopic (exact) mass is 654 g/mol. The lowest BCUT2D eigenvalue weighted by Gasteiger charge is -2.16. The maximum absolute atomic E-state index is 6.15. The van der Waals surface area contributed by atoms with Gasteiger partial charge in [-0.1, -0.05) is 64.8 Å². The number of fused-ring (bicyclic) bond motifs is 2. The van der Waals surface area contributed by atoms with Crippen LogP contribution in [0.1, 0.15) is 66.2 Å². The van der Waals surface area contributed by atoms with E-state index in [1.807, 2.05) is 12.1 Å². The molecule has 0 aliphatic carbocycles. The first-order valence-electron chi connectivity index (χ1n) is 18.2. The van der Waals surface area contributed by atoms with Crippen molar-refractivity contribution < 1.29 is 28.4 Å². The Balaban J connectivity index is 0.893. The maximum atomic E-state index is 6.15. The second-order valence-electron chi connectivity index (χ2n) is 14.6. The lowest BCUT2D eigenvalue weighted by Crippen LogP contribution is -2.11. The molecule has 0 saturated carbocycles. The largest absolute Gasteiger partial charge is 0.493 e. The van der Waals surface area contributed by atoms with E-state index in [0.717, 1.165) is 71.0 Å². The van der Waals surface area contributed by atoms with Gasteiger partial charge in [-0.05, 0) is 119 Å². The smallest absolute Gasteiger partial charge is 0.122 e. The van der Waals surface area contributed by atoms with Crippen LogP contribution >= 0.6 is 0 Å². The molecule has 6 unspecified atom stereocenters. The topological polar surface area (TPSA) is 62.0 Å². The number of benzene rings is 4. The predicted molar refractivity (Wildman–Crippen MR) is 194 cm³/mol. The SMILES string of the molecule is CC(CCC(C)CC1CO1)COc1ccc2cc(OCCOc3ccc4cc(OCC(C)CCC(C)CC5CO5)ccc4c3)ccc2c1. The van der Waals surface area contributed by atoms with Gasteiger partial charge in [-0.2, -0.15) is 0 Å². The van der Waals surface area contributed by atoms with Crippen LogP contribution < -0.4 is 18.9 Å². The molecule has 0 bridgehead atoms. The van der Waals surface area contributed by atoms with E-state index < -0.39 is 0 Å². The average molecular weight is 655 g/mol. The summed E-state index contributed by atoms with van der Waals surface area (Å²) in [5, 5.41) is 4.55. The Morgan fingerprint density at radius 1 is 0.479 bits per heavy atom. The van der Waals surface area contributed by atoms with Crippen LogP contribution in [0.25, 0.3) is 21.5 Å². The number of rotatable bonds is 21. The molecule has 6 atom stereocenters. The molecule has 48 heavy (non-hydrogen) atoms. The molecule has 0 amide bonds. The molecule has 2 fully saturated rings. The Morgan fingerprint density at radius 2 is 0.792 bits per heavy atom. The van der Waals surface area contributed by atoms with E-state index in [4.69, 9.17) is 28.4 Å². The Kier molecular flexibility index (Phi) is 12.0. The van der Waals surface area contributed by atoms with Crippen LogP contribution in [0.3, 0.4) is 0 Å². The van der Waals surface area contributed by atoms with Crippen LogP contribution in [0.2, 0.25) is 0 Å². The molecule has 6 nitrogen and oxygen atoms in total. The summed E-state index contributed by atoms with van der Waals surface area (Å²) < 4.78 is 35.1. The van der Waals surface area contributed by atoms with Crippen LogP contribution in [-0.4, -0.2) is 51.8 Å². The Bertz CT molecular complexity index is 1470. The number of ether oxygens (including phenoxy) is 6. The van der Waals surface area contributed by atoms with Crippen molar-refractivity contribution in [2.45, 2.75) is 78.4 Å². The minimum absolute atomic E-state index is 0.465. The van der Waals surface area contributed by atoms with Crippen molar-refractivity contribution in [2.75, 3.05) is 39.6 Å². The van der Waals surface area contributed by atoms with Crippen LogP contribution in [0.5, 0.6) is 23.0 Å². The molecule has 4 aromatic rings. The Labute approximate surface area is 287 Å². The molecule has 0 aromatic heterocycles. The lowest BCUT2D eigenvalue weighted by atomic mass is 9.95. The second-order valence-corrected chi connectivity index (χ2v) is 14.6. The summed E-state index contributed by atoms with van der Waals surface area (Å²) in [6, 6.07) is 24.9. The molecule has 2 aliphatic heterocycles. The summed E-state index contributed by atoms with van der Waals surface area (Å²) in [4.78, 5) is 0. The molecule has 4 aromatic carbocycles. The van der Waals surface area contributed by atoms with Gasteiger partial charge in [-0.3, -0.25) is 0 Å². The van der Waals surface area contributed by atoms with Crippen molar-refractivity contribution in [3.05, 3.63) is 72.8 Å². The third-order valence-corrected chi connectivity index (χ3v) is 9.70. The van der Waals surface area contributed by atoms with Gasteiger partial charge >= 0.3 is 0 Å². The van der Waals surface area contributed by atoms with E-state index in [2.05, 4.69) is 88.4 Å². The van der Waals surface area contributed by atoms with Crippen LogP contribution in [0.15, 0.2) is 72.8 Å². The minimum Gasteiger partial charge on any atom is -0.493 e. The van der Waals surface area contributed by atoms with Gasteiger partial charge in [-0.15, -0.1) is 0 Å². The first-order valence-corrected chi connectivity index (χ1v) is 18.2. The van der Waals surface area contributed by atoms with Crippen LogP contribution in [0, 0.1) is 23.7 Å². The summed E-state index contributed by atoms with van der Waals surface area (Å²) in [6.07, 6.45) is 8.24. The van der Waals surface area contributed by atoms with E-state index in [0.29, 0.717) is 49.1 Å². The average Bonchev–Trinajstić information content (AvgIpc) is 4.04. The summed E-state index contributed by atoms with van der Waals surface area (Å²) >= 11 is 0. The van der Waals surface area contributed by atoms with Gasteiger partial charge < -0.3 is 28.4 Å². The standard InChI is InChI=1S/C42H54O6/c1-29(19-41-27-47-41)5-7-31(3)25-45-39-15-11-33-21-37(13-9-35(33)23-39)43-17-18-44-38-14-10-36-24-40(16-12-34(36)22-38)46-26-32(4)8-6-30(2)20-42-28-48-42/h9-16,21-24,29-32,41-42H,5-8,17-20,25-28H2,1-4H3. The van der Waals surface area contributed by atoms with Crippen molar-refractivity contribution in [3.63, 3.8) is 0 Å². The first-order chi connectivity index (χ1) is 23.4. The highest BCUT2D eigenvalue weighted by Gasteiger charge is 2.25. The van der Waals surface area contributed by atoms with E-state index in [1.54, 1.807) is 0 Å². The third-order valence-electron chi connectivity index (χ3n) is 9.70. The van der Waals surface area contributed by atoms with E-state index >= 15 is 0 Å². The highest BCUT2D eigenvalue weighted by molar-refractivity contribution is 5.86. The molecule has 2 saturated heterocycles. The zero-order chi connectivity index (χ0) is 33.3. The van der Waals surface area contributed by atoms with Crippen molar-refractivity contribution in [1.29, 1.82) is 0 Å². The Morgan fingerprint density at radius 3 is 1.12 bits per heavy atom. The fourth-order valence-electron chi connectivity index (χ4n) is 6.41. The number of hydrogen-bond donors (Lipinski definition) is 0. The summed E-state index contributed by atoms with van der Waals surface area (Å²) in [5.74, 6) is 5.99. The molecular weight excluding hydrogens is 600 g/mol. The molecule has 6 rings (SSSR count). The second kappa shape index (κ2) is 16.8. The zero-order valence-electron chi connectivity index (χ0n) is 29.3.